The molecule has 1 saturated heterocycles. The first-order valence-electron chi connectivity index (χ1n) is 9.39. The van der Waals surface area contributed by atoms with E-state index >= 15 is 0 Å². The number of carbonyl (C=O) groups is 1. The fourth-order valence-electron chi connectivity index (χ4n) is 3.76. The van der Waals surface area contributed by atoms with Crippen molar-refractivity contribution in [2.24, 2.45) is 5.92 Å². The van der Waals surface area contributed by atoms with Crippen molar-refractivity contribution in [1.82, 2.24) is 19.5 Å². The number of pyridine rings is 1. The molecule has 1 amide bonds. The minimum atomic E-state index is -3.50. The van der Waals surface area contributed by atoms with Crippen molar-refractivity contribution in [3.05, 3.63) is 24.5 Å². The maximum Gasteiger partial charge on any atom is 0.244 e. The first-order valence-corrected chi connectivity index (χ1v) is 10.8. The molecule has 1 aromatic rings. The van der Waals surface area contributed by atoms with E-state index in [1.165, 1.54) is 29.8 Å². The molecule has 7 nitrogen and oxygen atoms in total. The molecule has 3 rings (SSSR count). The molecule has 0 bridgehead atoms. The third kappa shape index (κ3) is 4.61. The molecule has 2 aliphatic rings. The summed E-state index contributed by atoms with van der Waals surface area (Å²) in [7, 11) is -3.50. The first-order chi connectivity index (χ1) is 12.5. The summed E-state index contributed by atoms with van der Waals surface area (Å²) < 4.78 is 26.7. The molecule has 144 valence electrons. The molecule has 0 radical (unpaired) electrons. The molecule has 26 heavy (non-hydrogen) atoms. The van der Waals surface area contributed by atoms with Crippen LogP contribution in [0.15, 0.2) is 29.4 Å². The Morgan fingerprint density at radius 3 is 2.62 bits per heavy atom. The number of sulfonamides is 1. The number of nitrogens with one attached hydrogen (secondary N) is 1. The Balaban J connectivity index is 1.48. The largest absolute Gasteiger partial charge is 0.352 e. The van der Waals surface area contributed by atoms with Gasteiger partial charge in [0.15, 0.2) is 0 Å². The zero-order valence-electron chi connectivity index (χ0n) is 15.3. The van der Waals surface area contributed by atoms with E-state index in [1.54, 1.807) is 18.3 Å². The van der Waals surface area contributed by atoms with Gasteiger partial charge >= 0.3 is 0 Å². The van der Waals surface area contributed by atoms with Gasteiger partial charge in [0.2, 0.25) is 15.9 Å². The molecule has 2 atom stereocenters. The number of piperazine rings is 1. The van der Waals surface area contributed by atoms with E-state index in [4.69, 9.17) is 0 Å². The van der Waals surface area contributed by atoms with Gasteiger partial charge < -0.3 is 5.32 Å². The van der Waals surface area contributed by atoms with Crippen LogP contribution in [0.3, 0.4) is 0 Å². The topological polar surface area (TPSA) is 82.6 Å². The van der Waals surface area contributed by atoms with Gasteiger partial charge in [-0.1, -0.05) is 19.8 Å². The zero-order valence-corrected chi connectivity index (χ0v) is 16.1. The lowest BCUT2D eigenvalue weighted by Crippen LogP contribution is -2.52. The predicted octanol–water partition coefficient (Wildman–Crippen LogP) is 1.08. The molecule has 1 aliphatic carbocycles. The standard InChI is InChI=1S/C18H28N4O3S/c1-15-5-2-3-7-17(15)20-18(23)14-21-9-11-22(12-10-21)26(24,25)16-6-4-8-19-13-16/h4,6,8,13,15,17H,2-3,5,7,9-12,14H2,1H3,(H,20,23). The van der Waals surface area contributed by atoms with Gasteiger partial charge in [0, 0.05) is 44.6 Å². The maximum atomic E-state index is 12.6. The lowest BCUT2D eigenvalue weighted by Gasteiger charge is -2.34. The molecular weight excluding hydrogens is 352 g/mol. The molecule has 2 heterocycles. The summed E-state index contributed by atoms with van der Waals surface area (Å²) in [6, 6.07) is 3.47. The zero-order chi connectivity index (χ0) is 18.6. The van der Waals surface area contributed by atoms with Crippen LogP contribution in [0, 0.1) is 5.92 Å². The van der Waals surface area contributed by atoms with Gasteiger partial charge in [-0.25, -0.2) is 8.42 Å². The number of aromatic nitrogens is 1. The summed E-state index contributed by atoms with van der Waals surface area (Å²) in [6.45, 7) is 4.45. The second-order valence-electron chi connectivity index (χ2n) is 7.30. The molecule has 0 aromatic carbocycles. The monoisotopic (exact) mass is 380 g/mol. The highest BCUT2D eigenvalue weighted by molar-refractivity contribution is 7.89. The van der Waals surface area contributed by atoms with Crippen LogP contribution in [0.25, 0.3) is 0 Å². The highest BCUT2D eigenvalue weighted by atomic mass is 32.2. The molecule has 0 spiro atoms. The Morgan fingerprint density at radius 1 is 1.23 bits per heavy atom. The molecular formula is C18H28N4O3S. The maximum absolute atomic E-state index is 12.6. The van der Waals surface area contributed by atoms with Gasteiger partial charge in [0.05, 0.1) is 6.54 Å². The summed E-state index contributed by atoms with van der Waals surface area (Å²) >= 11 is 0. The highest BCUT2D eigenvalue weighted by Gasteiger charge is 2.30. The van der Waals surface area contributed by atoms with Crippen LogP contribution in [-0.2, 0) is 14.8 Å². The van der Waals surface area contributed by atoms with Crippen molar-refractivity contribution in [2.45, 2.75) is 43.5 Å². The van der Waals surface area contributed by atoms with Crippen LogP contribution in [0.5, 0.6) is 0 Å². The van der Waals surface area contributed by atoms with E-state index in [0.29, 0.717) is 38.6 Å². The van der Waals surface area contributed by atoms with Crippen molar-refractivity contribution >= 4 is 15.9 Å². The third-order valence-corrected chi connectivity index (χ3v) is 7.31. The molecule has 1 aliphatic heterocycles. The lowest BCUT2D eigenvalue weighted by molar-refractivity contribution is -0.123. The van der Waals surface area contributed by atoms with E-state index in [2.05, 4.69) is 17.2 Å². The van der Waals surface area contributed by atoms with Gasteiger partial charge in [-0.2, -0.15) is 4.31 Å². The average molecular weight is 381 g/mol. The minimum absolute atomic E-state index is 0.0484. The van der Waals surface area contributed by atoms with Crippen LogP contribution in [0.4, 0.5) is 0 Å². The van der Waals surface area contributed by atoms with Crippen LogP contribution >= 0.6 is 0 Å². The van der Waals surface area contributed by atoms with Gasteiger partial charge in [-0.3, -0.25) is 14.7 Å². The molecule has 8 heteroatoms. The SMILES string of the molecule is CC1CCCCC1NC(=O)CN1CCN(S(=O)(=O)c2cccnc2)CC1. The smallest absolute Gasteiger partial charge is 0.244 e. The normalized spacial score (nSPS) is 25.7. The summed E-state index contributed by atoms with van der Waals surface area (Å²) in [5.41, 5.74) is 0. The van der Waals surface area contributed by atoms with Crippen molar-refractivity contribution in [3.63, 3.8) is 0 Å². The number of hydrogen-bond acceptors (Lipinski definition) is 5. The Kier molecular flexibility index (Phi) is 6.26. The van der Waals surface area contributed by atoms with E-state index < -0.39 is 10.0 Å². The lowest BCUT2D eigenvalue weighted by atomic mass is 9.86. The summed E-state index contributed by atoms with van der Waals surface area (Å²) in [6.07, 6.45) is 7.60. The van der Waals surface area contributed by atoms with Crippen LogP contribution < -0.4 is 5.32 Å². The number of amides is 1. The number of carbonyl (C=O) groups excluding carboxylic acids is 1. The quantitative estimate of drug-likeness (QED) is 0.827. The number of hydrogen-bond donors (Lipinski definition) is 1. The Morgan fingerprint density at radius 2 is 1.96 bits per heavy atom. The van der Waals surface area contributed by atoms with Crippen LogP contribution in [0.1, 0.15) is 32.6 Å². The molecule has 2 fully saturated rings. The Hall–Kier alpha value is -1.51. The average Bonchev–Trinajstić information content (AvgIpc) is 2.65. The molecule has 2 unspecified atom stereocenters. The van der Waals surface area contributed by atoms with Crippen molar-refractivity contribution in [2.75, 3.05) is 32.7 Å². The summed E-state index contributed by atoms with van der Waals surface area (Å²) in [5, 5.41) is 3.16. The number of nitrogens with zero attached hydrogens (tertiary/aromatic N) is 3. The molecule has 1 N–H and O–H groups in total. The highest BCUT2D eigenvalue weighted by Crippen LogP contribution is 2.23. The van der Waals surface area contributed by atoms with Gasteiger partial charge in [0.25, 0.3) is 0 Å². The first kappa shape index (κ1) is 19.3. The van der Waals surface area contributed by atoms with Gasteiger partial charge in [-0.15, -0.1) is 0 Å². The van der Waals surface area contributed by atoms with Crippen molar-refractivity contribution < 1.29 is 13.2 Å². The van der Waals surface area contributed by atoms with E-state index in [1.807, 2.05) is 4.90 Å². The van der Waals surface area contributed by atoms with Crippen molar-refractivity contribution in [3.8, 4) is 0 Å². The van der Waals surface area contributed by atoms with Crippen molar-refractivity contribution in [1.29, 1.82) is 0 Å². The second-order valence-corrected chi connectivity index (χ2v) is 9.24. The fraction of sp³-hybridized carbons (Fsp3) is 0.667. The molecule has 1 aromatic heterocycles. The second kappa shape index (κ2) is 8.45. The minimum Gasteiger partial charge on any atom is -0.352 e. The van der Waals surface area contributed by atoms with Crippen LogP contribution in [-0.4, -0.2) is 67.3 Å². The Bertz CT molecular complexity index is 702. The van der Waals surface area contributed by atoms with Gasteiger partial charge in [0.1, 0.15) is 4.90 Å². The van der Waals surface area contributed by atoms with Crippen LogP contribution in [0.2, 0.25) is 0 Å². The third-order valence-electron chi connectivity index (χ3n) is 5.43. The van der Waals surface area contributed by atoms with E-state index in [0.717, 1.165) is 6.42 Å². The van der Waals surface area contributed by atoms with E-state index in [-0.39, 0.29) is 16.8 Å². The summed E-state index contributed by atoms with van der Waals surface area (Å²) in [4.78, 5) is 18.5. The fourth-order valence-corrected chi connectivity index (χ4v) is 5.15. The Labute approximate surface area is 155 Å². The number of rotatable bonds is 5. The summed E-state index contributed by atoms with van der Waals surface area (Å²) in [5.74, 6) is 0.585. The molecule has 1 saturated carbocycles. The predicted molar refractivity (Wildman–Crippen MR) is 99.0 cm³/mol. The van der Waals surface area contributed by atoms with E-state index in [9.17, 15) is 13.2 Å². The van der Waals surface area contributed by atoms with Gasteiger partial charge in [-0.05, 0) is 30.9 Å².